The predicted molar refractivity (Wildman–Crippen MR) is 82.5 cm³/mol. The summed E-state index contributed by atoms with van der Waals surface area (Å²) in [5.74, 6) is -0.120. The molecule has 0 radical (unpaired) electrons. The Kier molecular flexibility index (Phi) is 8.72. The van der Waals surface area contributed by atoms with Crippen molar-refractivity contribution in [1.82, 2.24) is 0 Å². The van der Waals surface area contributed by atoms with Gasteiger partial charge in [-0.25, -0.2) is 0 Å². The van der Waals surface area contributed by atoms with Gasteiger partial charge < -0.3 is 10.5 Å². The number of rotatable bonds is 10. The Morgan fingerprint density at radius 2 is 1.85 bits per heavy atom. The molecule has 1 aromatic rings. The number of benzene rings is 1. The zero-order chi connectivity index (χ0) is 14.6. The SMILES string of the molecule is CCCCCCCC(=O)OCC(N)Cc1ccccc1. The Bertz CT molecular complexity index is 365. The number of nitrogens with two attached hydrogens (primary N) is 1. The van der Waals surface area contributed by atoms with Gasteiger partial charge in [0.05, 0.1) is 0 Å². The molecule has 1 rings (SSSR count). The third-order valence-corrected chi connectivity index (χ3v) is 3.28. The summed E-state index contributed by atoms with van der Waals surface area (Å²) in [7, 11) is 0. The van der Waals surface area contributed by atoms with Gasteiger partial charge in [0.2, 0.25) is 0 Å². The number of carbonyl (C=O) groups is 1. The highest BCUT2D eigenvalue weighted by atomic mass is 16.5. The van der Waals surface area contributed by atoms with E-state index in [9.17, 15) is 4.79 Å². The van der Waals surface area contributed by atoms with Gasteiger partial charge in [0.15, 0.2) is 0 Å². The van der Waals surface area contributed by atoms with Gasteiger partial charge in [0, 0.05) is 12.5 Å². The highest BCUT2D eigenvalue weighted by Crippen LogP contribution is 2.06. The van der Waals surface area contributed by atoms with Gasteiger partial charge in [-0.05, 0) is 18.4 Å². The highest BCUT2D eigenvalue weighted by Gasteiger charge is 2.08. The minimum Gasteiger partial charge on any atom is -0.464 e. The largest absolute Gasteiger partial charge is 0.464 e. The first-order valence-corrected chi connectivity index (χ1v) is 7.67. The van der Waals surface area contributed by atoms with E-state index in [0.29, 0.717) is 13.0 Å². The summed E-state index contributed by atoms with van der Waals surface area (Å²) >= 11 is 0. The van der Waals surface area contributed by atoms with Crippen molar-refractivity contribution in [3.8, 4) is 0 Å². The molecular formula is C17H27NO2. The quantitative estimate of drug-likeness (QED) is 0.526. The number of hydrogen-bond donors (Lipinski definition) is 1. The molecule has 0 heterocycles. The maximum Gasteiger partial charge on any atom is 0.305 e. The van der Waals surface area contributed by atoms with Crippen LogP contribution < -0.4 is 5.73 Å². The molecule has 0 fully saturated rings. The molecule has 3 nitrogen and oxygen atoms in total. The van der Waals surface area contributed by atoms with Crippen LogP contribution in [0.5, 0.6) is 0 Å². The van der Waals surface area contributed by atoms with Crippen molar-refractivity contribution in [2.45, 2.75) is 57.9 Å². The Labute approximate surface area is 122 Å². The fourth-order valence-corrected chi connectivity index (χ4v) is 2.12. The van der Waals surface area contributed by atoms with Crippen LogP contribution >= 0.6 is 0 Å². The van der Waals surface area contributed by atoms with Crippen LogP contribution in [0.2, 0.25) is 0 Å². The van der Waals surface area contributed by atoms with Gasteiger partial charge >= 0.3 is 5.97 Å². The third kappa shape index (κ3) is 7.95. The summed E-state index contributed by atoms with van der Waals surface area (Å²) in [6, 6.07) is 9.91. The summed E-state index contributed by atoms with van der Waals surface area (Å²) in [5.41, 5.74) is 7.15. The summed E-state index contributed by atoms with van der Waals surface area (Å²) in [5, 5.41) is 0. The molecular weight excluding hydrogens is 250 g/mol. The van der Waals surface area contributed by atoms with E-state index >= 15 is 0 Å². The van der Waals surface area contributed by atoms with E-state index in [0.717, 1.165) is 19.3 Å². The zero-order valence-electron chi connectivity index (χ0n) is 12.5. The average molecular weight is 277 g/mol. The normalized spacial score (nSPS) is 12.1. The van der Waals surface area contributed by atoms with Crippen LogP contribution in [0, 0.1) is 0 Å². The van der Waals surface area contributed by atoms with E-state index < -0.39 is 0 Å². The van der Waals surface area contributed by atoms with Gasteiger partial charge in [-0.2, -0.15) is 0 Å². The fourth-order valence-electron chi connectivity index (χ4n) is 2.12. The smallest absolute Gasteiger partial charge is 0.305 e. The lowest BCUT2D eigenvalue weighted by molar-refractivity contribution is -0.144. The van der Waals surface area contributed by atoms with Crippen LogP contribution in [-0.4, -0.2) is 18.6 Å². The summed E-state index contributed by atoms with van der Waals surface area (Å²) in [6.45, 7) is 2.49. The predicted octanol–water partition coefficient (Wildman–Crippen LogP) is 3.46. The molecule has 0 aliphatic heterocycles. The van der Waals surface area contributed by atoms with Gasteiger partial charge in [-0.15, -0.1) is 0 Å². The first-order valence-electron chi connectivity index (χ1n) is 7.67. The minimum atomic E-state index is -0.124. The molecule has 1 atom stereocenters. The lowest BCUT2D eigenvalue weighted by atomic mass is 10.1. The second kappa shape index (κ2) is 10.4. The number of esters is 1. The second-order valence-corrected chi connectivity index (χ2v) is 5.30. The molecule has 0 bridgehead atoms. The van der Waals surface area contributed by atoms with Crippen molar-refractivity contribution in [2.24, 2.45) is 5.73 Å². The van der Waals surface area contributed by atoms with Gasteiger partial charge in [0.1, 0.15) is 6.61 Å². The van der Waals surface area contributed by atoms with E-state index in [-0.39, 0.29) is 12.0 Å². The molecule has 0 aromatic heterocycles. The van der Waals surface area contributed by atoms with Crippen molar-refractivity contribution < 1.29 is 9.53 Å². The van der Waals surface area contributed by atoms with Crippen molar-refractivity contribution in [2.75, 3.05) is 6.61 Å². The maximum absolute atomic E-state index is 11.6. The Hall–Kier alpha value is -1.35. The standard InChI is InChI=1S/C17H27NO2/c1-2-3-4-5-9-12-17(19)20-14-16(18)13-15-10-7-6-8-11-15/h6-8,10-11,16H,2-5,9,12-14,18H2,1H3. The molecule has 0 saturated carbocycles. The Balaban J connectivity index is 2.08. The van der Waals surface area contributed by atoms with Crippen molar-refractivity contribution in [3.63, 3.8) is 0 Å². The minimum absolute atomic E-state index is 0.120. The summed E-state index contributed by atoms with van der Waals surface area (Å²) in [6.07, 6.45) is 6.96. The molecule has 1 unspecified atom stereocenters. The molecule has 3 heteroatoms. The van der Waals surface area contributed by atoms with Crippen LogP contribution in [0.1, 0.15) is 51.0 Å². The Morgan fingerprint density at radius 1 is 1.15 bits per heavy atom. The average Bonchev–Trinajstić information content (AvgIpc) is 2.46. The van der Waals surface area contributed by atoms with Crippen LogP contribution in [-0.2, 0) is 16.0 Å². The lowest BCUT2D eigenvalue weighted by Crippen LogP contribution is -2.30. The molecule has 0 spiro atoms. The summed E-state index contributed by atoms with van der Waals surface area (Å²) in [4.78, 5) is 11.6. The maximum atomic E-state index is 11.6. The van der Waals surface area contributed by atoms with Crippen molar-refractivity contribution in [1.29, 1.82) is 0 Å². The van der Waals surface area contributed by atoms with Crippen LogP contribution in [0.25, 0.3) is 0 Å². The molecule has 2 N–H and O–H groups in total. The third-order valence-electron chi connectivity index (χ3n) is 3.28. The van der Waals surface area contributed by atoms with E-state index in [2.05, 4.69) is 6.92 Å². The fraction of sp³-hybridized carbons (Fsp3) is 0.588. The zero-order valence-corrected chi connectivity index (χ0v) is 12.5. The van der Waals surface area contributed by atoms with Gasteiger partial charge in [-0.1, -0.05) is 62.9 Å². The van der Waals surface area contributed by atoms with Crippen LogP contribution in [0.4, 0.5) is 0 Å². The molecule has 0 amide bonds. The van der Waals surface area contributed by atoms with E-state index in [1.165, 1.54) is 24.8 Å². The van der Waals surface area contributed by atoms with Gasteiger partial charge in [-0.3, -0.25) is 4.79 Å². The lowest BCUT2D eigenvalue weighted by Gasteiger charge is -2.12. The first kappa shape index (κ1) is 16.7. The van der Waals surface area contributed by atoms with Crippen molar-refractivity contribution in [3.05, 3.63) is 35.9 Å². The Morgan fingerprint density at radius 3 is 2.55 bits per heavy atom. The number of ether oxygens (including phenoxy) is 1. The molecule has 0 saturated heterocycles. The highest BCUT2D eigenvalue weighted by molar-refractivity contribution is 5.69. The number of hydrogen-bond acceptors (Lipinski definition) is 3. The van der Waals surface area contributed by atoms with Gasteiger partial charge in [0.25, 0.3) is 0 Å². The van der Waals surface area contributed by atoms with Crippen LogP contribution in [0.3, 0.4) is 0 Å². The van der Waals surface area contributed by atoms with Crippen LogP contribution in [0.15, 0.2) is 30.3 Å². The first-order chi connectivity index (χ1) is 9.72. The molecule has 1 aromatic carbocycles. The number of unbranched alkanes of at least 4 members (excludes halogenated alkanes) is 4. The second-order valence-electron chi connectivity index (χ2n) is 5.30. The topological polar surface area (TPSA) is 52.3 Å². The summed E-state index contributed by atoms with van der Waals surface area (Å²) < 4.78 is 5.22. The molecule has 20 heavy (non-hydrogen) atoms. The van der Waals surface area contributed by atoms with E-state index in [4.69, 9.17) is 10.5 Å². The van der Waals surface area contributed by atoms with Crippen molar-refractivity contribution >= 4 is 5.97 Å². The van der Waals surface area contributed by atoms with E-state index in [1.807, 2.05) is 30.3 Å². The number of carbonyl (C=O) groups excluding carboxylic acids is 1. The molecule has 0 aliphatic carbocycles. The molecule has 0 aliphatic rings. The van der Waals surface area contributed by atoms with E-state index in [1.54, 1.807) is 0 Å². The monoisotopic (exact) mass is 277 g/mol. The molecule has 112 valence electrons.